The van der Waals surface area contributed by atoms with Gasteiger partial charge in [0.15, 0.2) is 0 Å². The van der Waals surface area contributed by atoms with Crippen LogP contribution in [0.1, 0.15) is 11.1 Å². The van der Waals surface area contributed by atoms with Gasteiger partial charge in [-0.2, -0.15) is 10.4 Å². The molecule has 0 aliphatic rings. The zero-order valence-corrected chi connectivity index (χ0v) is 16.2. The molecule has 150 valence electrons. The number of nitrogens with one attached hydrogen (secondary N) is 2. The minimum absolute atomic E-state index is 0.0311. The second-order valence-corrected chi connectivity index (χ2v) is 7.69. The quantitative estimate of drug-likeness (QED) is 0.339. The van der Waals surface area contributed by atoms with Crippen molar-refractivity contribution in [2.24, 2.45) is 5.10 Å². The first-order valence-corrected chi connectivity index (χ1v) is 10.0. The highest BCUT2D eigenvalue weighted by Crippen LogP contribution is 2.28. The van der Waals surface area contributed by atoms with Crippen LogP contribution in [0.2, 0.25) is 0 Å². The number of anilines is 2. The molecule has 0 saturated heterocycles. The van der Waals surface area contributed by atoms with Crippen LogP contribution in [0.5, 0.6) is 0 Å². The van der Waals surface area contributed by atoms with E-state index >= 15 is 0 Å². The van der Waals surface area contributed by atoms with Crippen LogP contribution in [0.4, 0.5) is 17.1 Å². The Morgan fingerprint density at radius 1 is 1.03 bits per heavy atom. The van der Waals surface area contributed by atoms with Gasteiger partial charge in [-0.15, -0.1) is 0 Å². The fraction of sp³-hybridized carbons (Fsp3) is 0. The maximum absolute atomic E-state index is 12.5. The minimum atomic E-state index is -4.00. The van der Waals surface area contributed by atoms with Gasteiger partial charge >= 0.3 is 0 Å². The van der Waals surface area contributed by atoms with E-state index in [4.69, 9.17) is 5.26 Å². The highest BCUT2D eigenvalue weighted by molar-refractivity contribution is 7.92. The summed E-state index contributed by atoms with van der Waals surface area (Å²) in [4.78, 5) is 10.5. The number of para-hydroxylation sites is 1. The van der Waals surface area contributed by atoms with Gasteiger partial charge < -0.3 is 0 Å². The number of rotatable bonds is 7. The lowest BCUT2D eigenvalue weighted by molar-refractivity contribution is -0.384. The molecule has 10 heteroatoms. The number of hydrazone groups is 1. The second kappa shape index (κ2) is 8.85. The summed E-state index contributed by atoms with van der Waals surface area (Å²) >= 11 is 0. The number of nitrogens with zero attached hydrogens (tertiary/aromatic N) is 3. The molecule has 2 N–H and O–H groups in total. The molecule has 0 fully saturated rings. The minimum Gasteiger partial charge on any atom is -0.280 e. The number of sulfonamides is 1. The molecule has 3 aromatic rings. The Hall–Kier alpha value is -4.23. The zero-order valence-electron chi connectivity index (χ0n) is 15.4. The Morgan fingerprint density at radius 2 is 1.73 bits per heavy atom. The van der Waals surface area contributed by atoms with Crippen molar-refractivity contribution < 1.29 is 13.3 Å². The van der Waals surface area contributed by atoms with Crippen molar-refractivity contribution >= 4 is 33.3 Å². The first-order valence-electron chi connectivity index (χ1n) is 8.54. The van der Waals surface area contributed by atoms with E-state index in [0.717, 1.165) is 6.07 Å². The van der Waals surface area contributed by atoms with Gasteiger partial charge in [-0.05, 0) is 42.0 Å². The predicted octanol–water partition coefficient (Wildman–Crippen LogP) is 3.71. The molecule has 0 saturated carbocycles. The number of hydrogen-bond donors (Lipinski definition) is 2. The molecule has 30 heavy (non-hydrogen) atoms. The average Bonchev–Trinajstić information content (AvgIpc) is 2.74. The third kappa shape index (κ3) is 4.98. The van der Waals surface area contributed by atoms with E-state index in [1.54, 1.807) is 54.6 Å². The predicted molar refractivity (Wildman–Crippen MR) is 113 cm³/mol. The van der Waals surface area contributed by atoms with E-state index in [1.807, 2.05) is 6.07 Å². The summed E-state index contributed by atoms with van der Waals surface area (Å²) in [6.45, 7) is 0. The van der Waals surface area contributed by atoms with E-state index in [9.17, 15) is 18.5 Å². The van der Waals surface area contributed by atoms with Gasteiger partial charge in [0.1, 0.15) is 5.69 Å². The third-order valence-electron chi connectivity index (χ3n) is 3.94. The first-order chi connectivity index (χ1) is 14.4. The molecule has 0 unspecified atom stereocenters. The Kier molecular flexibility index (Phi) is 6.05. The number of nitriles is 1. The van der Waals surface area contributed by atoms with Crippen molar-refractivity contribution in [3.63, 3.8) is 0 Å². The highest BCUT2D eigenvalue weighted by Gasteiger charge is 2.21. The molecule has 0 amide bonds. The maximum Gasteiger partial charge on any atom is 0.295 e. The molecule has 0 aliphatic heterocycles. The summed E-state index contributed by atoms with van der Waals surface area (Å²) in [5.41, 5.74) is 3.65. The van der Waals surface area contributed by atoms with E-state index < -0.39 is 20.6 Å². The summed E-state index contributed by atoms with van der Waals surface area (Å²) in [5.74, 6) is 0. The molecule has 9 nitrogen and oxygen atoms in total. The molecule has 0 bridgehead atoms. The summed E-state index contributed by atoms with van der Waals surface area (Å²) in [6, 6.07) is 20.3. The second-order valence-electron chi connectivity index (χ2n) is 6.01. The molecule has 0 heterocycles. The van der Waals surface area contributed by atoms with E-state index in [2.05, 4.69) is 15.2 Å². The van der Waals surface area contributed by atoms with Gasteiger partial charge in [-0.1, -0.05) is 30.3 Å². The summed E-state index contributed by atoms with van der Waals surface area (Å²) in [5, 5.41) is 24.2. The lowest BCUT2D eigenvalue weighted by atomic mass is 10.2. The smallest absolute Gasteiger partial charge is 0.280 e. The SMILES string of the molecule is N#Cc1ccc(C=NNc2ccc(S(=O)(=O)Nc3ccccc3)cc2[N+](=O)[O-])cc1. The van der Waals surface area contributed by atoms with Gasteiger partial charge in [0.2, 0.25) is 0 Å². The van der Waals surface area contributed by atoms with Crippen LogP contribution in [-0.4, -0.2) is 19.6 Å². The molecular formula is C20H15N5O4S. The van der Waals surface area contributed by atoms with Crippen LogP contribution in [0.15, 0.2) is 82.8 Å². The Morgan fingerprint density at radius 3 is 2.37 bits per heavy atom. The van der Waals surface area contributed by atoms with E-state index in [0.29, 0.717) is 16.8 Å². The van der Waals surface area contributed by atoms with E-state index in [-0.39, 0.29) is 10.6 Å². The molecule has 3 rings (SSSR count). The van der Waals surface area contributed by atoms with Crippen LogP contribution >= 0.6 is 0 Å². The van der Waals surface area contributed by atoms with Crippen molar-refractivity contribution in [1.82, 2.24) is 0 Å². The molecule has 0 spiro atoms. The standard InChI is InChI=1S/C20H15N5O4S/c21-13-15-6-8-16(9-7-15)14-22-23-19-11-10-18(12-20(19)25(26)27)30(28,29)24-17-4-2-1-3-5-17/h1-12,14,23-24H. The summed E-state index contributed by atoms with van der Waals surface area (Å²) in [6.07, 6.45) is 1.42. The molecule has 0 aromatic heterocycles. The van der Waals surface area contributed by atoms with Crippen LogP contribution in [-0.2, 0) is 10.0 Å². The van der Waals surface area contributed by atoms with Crippen molar-refractivity contribution in [2.75, 3.05) is 10.1 Å². The lowest BCUT2D eigenvalue weighted by Crippen LogP contribution is -2.13. The summed E-state index contributed by atoms with van der Waals surface area (Å²) < 4.78 is 27.4. The molecule has 3 aromatic carbocycles. The van der Waals surface area contributed by atoms with Crippen LogP contribution < -0.4 is 10.1 Å². The number of nitro groups is 1. The summed E-state index contributed by atoms with van der Waals surface area (Å²) in [7, 11) is -4.00. The Balaban J connectivity index is 1.82. The van der Waals surface area contributed by atoms with Crippen molar-refractivity contribution in [3.05, 3.63) is 94.0 Å². The monoisotopic (exact) mass is 421 g/mol. The fourth-order valence-corrected chi connectivity index (χ4v) is 3.54. The van der Waals surface area contributed by atoms with Gasteiger partial charge in [-0.25, -0.2) is 8.42 Å². The fourth-order valence-electron chi connectivity index (χ4n) is 2.46. The molecule has 0 atom stereocenters. The van der Waals surface area contributed by atoms with Crippen molar-refractivity contribution in [3.8, 4) is 6.07 Å². The molecule has 0 aliphatic carbocycles. The van der Waals surface area contributed by atoms with Gasteiger partial charge in [0.05, 0.1) is 27.7 Å². The lowest BCUT2D eigenvalue weighted by Gasteiger charge is -2.09. The van der Waals surface area contributed by atoms with Crippen molar-refractivity contribution in [2.45, 2.75) is 4.90 Å². The van der Waals surface area contributed by atoms with Crippen molar-refractivity contribution in [1.29, 1.82) is 5.26 Å². The number of benzene rings is 3. The average molecular weight is 421 g/mol. The number of hydrogen-bond acceptors (Lipinski definition) is 7. The van der Waals surface area contributed by atoms with Gasteiger partial charge in [0, 0.05) is 11.8 Å². The van der Waals surface area contributed by atoms with E-state index in [1.165, 1.54) is 18.3 Å². The van der Waals surface area contributed by atoms with Gasteiger partial charge in [0.25, 0.3) is 15.7 Å². The maximum atomic E-state index is 12.5. The first kappa shape index (κ1) is 20.5. The topological polar surface area (TPSA) is 137 Å². The number of nitro benzene ring substituents is 1. The van der Waals surface area contributed by atoms with Crippen LogP contribution in [0.3, 0.4) is 0 Å². The third-order valence-corrected chi connectivity index (χ3v) is 5.32. The Labute approximate surface area is 172 Å². The largest absolute Gasteiger partial charge is 0.295 e. The van der Waals surface area contributed by atoms with Crippen LogP contribution in [0, 0.1) is 21.4 Å². The normalized spacial score (nSPS) is 11.0. The molecule has 0 radical (unpaired) electrons. The highest BCUT2D eigenvalue weighted by atomic mass is 32.2. The van der Waals surface area contributed by atoms with Crippen LogP contribution in [0.25, 0.3) is 0 Å². The van der Waals surface area contributed by atoms with Gasteiger partial charge in [-0.3, -0.25) is 20.3 Å². The molecular weight excluding hydrogens is 406 g/mol. The zero-order chi connectivity index (χ0) is 21.6. The Bertz CT molecular complexity index is 1230.